The number of piperazine rings is 1. The van der Waals surface area contributed by atoms with E-state index in [0.717, 1.165) is 87.9 Å². The van der Waals surface area contributed by atoms with Crippen molar-refractivity contribution in [3.05, 3.63) is 59.2 Å². The third kappa shape index (κ3) is 6.43. The number of nitrogens with one attached hydrogen (secondary N) is 3. The largest absolute Gasteiger partial charge is 0.371 e. The number of fused-ring (bicyclic) bond motifs is 1. The zero-order chi connectivity index (χ0) is 31.5. The molecule has 238 valence electrons. The number of amides is 5. The summed E-state index contributed by atoms with van der Waals surface area (Å²) in [6.07, 6.45) is 3.16. The van der Waals surface area contributed by atoms with Crippen LogP contribution in [0.25, 0.3) is 0 Å². The fourth-order valence-electron chi connectivity index (χ4n) is 6.83. The predicted octanol–water partition coefficient (Wildman–Crippen LogP) is 1.77. The van der Waals surface area contributed by atoms with Gasteiger partial charge >= 0.3 is 0 Å². The summed E-state index contributed by atoms with van der Waals surface area (Å²) in [5, 5.41) is 2.26. The molecule has 0 spiro atoms. The van der Waals surface area contributed by atoms with Crippen molar-refractivity contribution in [2.75, 3.05) is 62.2 Å². The highest BCUT2D eigenvalue weighted by molar-refractivity contribution is 6.25. The van der Waals surface area contributed by atoms with Gasteiger partial charge in [0.05, 0.1) is 16.8 Å². The number of carbonyl (C=O) groups excluding carboxylic acids is 5. The number of hydrogen-bond acceptors (Lipinski definition) is 9. The fraction of sp³-hybridized carbons (Fsp3) is 0.485. The van der Waals surface area contributed by atoms with Crippen molar-refractivity contribution in [1.29, 1.82) is 0 Å². The third-order valence-electron chi connectivity index (χ3n) is 9.36. The Morgan fingerprint density at radius 3 is 2.29 bits per heavy atom. The van der Waals surface area contributed by atoms with E-state index in [0.29, 0.717) is 22.6 Å². The van der Waals surface area contributed by atoms with Gasteiger partial charge in [-0.15, -0.1) is 0 Å². The van der Waals surface area contributed by atoms with E-state index < -0.39 is 23.8 Å². The monoisotopic (exact) mass is 615 g/mol. The lowest BCUT2D eigenvalue weighted by molar-refractivity contribution is -0.136. The van der Waals surface area contributed by atoms with Crippen LogP contribution in [-0.2, 0) is 9.59 Å². The first-order chi connectivity index (χ1) is 21.8. The first-order valence-corrected chi connectivity index (χ1v) is 16.0. The van der Waals surface area contributed by atoms with Crippen LogP contribution < -0.4 is 26.0 Å². The van der Waals surface area contributed by atoms with Crippen molar-refractivity contribution in [1.82, 2.24) is 26.0 Å². The summed E-state index contributed by atoms with van der Waals surface area (Å²) in [5.74, 6) is -1.49. The van der Waals surface area contributed by atoms with E-state index in [2.05, 4.69) is 30.9 Å². The molecule has 3 N–H and O–H groups in total. The highest BCUT2D eigenvalue weighted by atomic mass is 16.2. The second kappa shape index (κ2) is 13.4. The minimum atomic E-state index is -0.965. The molecular weight excluding hydrogens is 574 g/mol. The lowest BCUT2D eigenvalue weighted by atomic mass is 9.94. The van der Waals surface area contributed by atoms with Gasteiger partial charge in [0.25, 0.3) is 17.7 Å². The number of anilines is 2. The number of benzene rings is 2. The molecule has 6 rings (SSSR count). The SMILES string of the molecule is CCCNNC(=O)c1ccc(N2CCN(CC3CCN(c4cccc5c4C(=O)N(C4CCC(=O)NC4=O)C5=O)CC3)CC2)cc1. The van der Waals surface area contributed by atoms with Crippen LogP contribution in [0.5, 0.6) is 0 Å². The van der Waals surface area contributed by atoms with Crippen LogP contribution in [0.1, 0.15) is 70.1 Å². The highest BCUT2D eigenvalue weighted by Crippen LogP contribution is 2.36. The minimum absolute atomic E-state index is 0.101. The molecular formula is C33H41N7O5. The van der Waals surface area contributed by atoms with Crippen molar-refractivity contribution < 1.29 is 24.0 Å². The van der Waals surface area contributed by atoms with Gasteiger partial charge in [0.15, 0.2) is 0 Å². The van der Waals surface area contributed by atoms with E-state index in [1.165, 1.54) is 0 Å². The van der Waals surface area contributed by atoms with Gasteiger partial charge in [-0.2, -0.15) is 0 Å². The molecule has 0 aliphatic carbocycles. The maximum atomic E-state index is 13.5. The Balaban J connectivity index is 0.997. The summed E-state index contributed by atoms with van der Waals surface area (Å²) in [6, 6.07) is 12.1. The number of nitrogens with zero attached hydrogens (tertiary/aromatic N) is 4. The summed E-state index contributed by atoms with van der Waals surface area (Å²) in [5.41, 5.74) is 8.84. The maximum absolute atomic E-state index is 13.5. The molecule has 45 heavy (non-hydrogen) atoms. The van der Waals surface area contributed by atoms with E-state index in [1.807, 2.05) is 37.3 Å². The van der Waals surface area contributed by atoms with Crippen molar-refractivity contribution in [2.45, 2.75) is 45.1 Å². The molecule has 4 heterocycles. The first kappa shape index (κ1) is 30.7. The smallest absolute Gasteiger partial charge is 0.265 e. The van der Waals surface area contributed by atoms with E-state index in [-0.39, 0.29) is 24.7 Å². The van der Waals surface area contributed by atoms with Crippen LogP contribution in [0.15, 0.2) is 42.5 Å². The van der Waals surface area contributed by atoms with Crippen LogP contribution >= 0.6 is 0 Å². The van der Waals surface area contributed by atoms with Gasteiger partial charge in [0.1, 0.15) is 6.04 Å². The third-order valence-corrected chi connectivity index (χ3v) is 9.36. The van der Waals surface area contributed by atoms with Gasteiger partial charge in [-0.05, 0) is 68.0 Å². The average molecular weight is 616 g/mol. The second-order valence-corrected chi connectivity index (χ2v) is 12.3. The number of imide groups is 2. The summed E-state index contributed by atoms with van der Waals surface area (Å²) >= 11 is 0. The standard InChI is InChI=1S/C33H41N7O5/c1-2-14-34-36-30(42)23-6-8-24(9-7-23)38-19-17-37(18-20-38)21-22-12-15-39(16-13-22)26-5-3-4-25-29(26)33(45)40(32(25)44)27-10-11-28(41)35-31(27)43/h3-9,22,27,34H,2,10-21H2,1H3,(H,36,42)(H,35,41,43). The van der Waals surface area contributed by atoms with Crippen molar-refractivity contribution >= 4 is 40.9 Å². The van der Waals surface area contributed by atoms with Gasteiger partial charge in [-0.25, -0.2) is 5.43 Å². The molecule has 5 amide bonds. The number of carbonyl (C=O) groups is 5. The number of hydrazine groups is 1. The fourth-order valence-corrected chi connectivity index (χ4v) is 6.83. The Morgan fingerprint density at radius 2 is 1.60 bits per heavy atom. The summed E-state index contributed by atoms with van der Waals surface area (Å²) in [4.78, 5) is 71.2. The summed E-state index contributed by atoms with van der Waals surface area (Å²) < 4.78 is 0. The zero-order valence-electron chi connectivity index (χ0n) is 25.7. The molecule has 12 heteroatoms. The molecule has 4 aliphatic heterocycles. The molecule has 0 radical (unpaired) electrons. The number of hydrogen-bond donors (Lipinski definition) is 3. The summed E-state index contributed by atoms with van der Waals surface area (Å²) in [7, 11) is 0. The first-order valence-electron chi connectivity index (χ1n) is 16.0. The summed E-state index contributed by atoms with van der Waals surface area (Å²) in [6.45, 7) is 9.19. The molecule has 2 aromatic carbocycles. The van der Waals surface area contributed by atoms with Gasteiger partial charge in [0.2, 0.25) is 11.8 Å². The zero-order valence-corrected chi connectivity index (χ0v) is 25.7. The Morgan fingerprint density at radius 1 is 0.867 bits per heavy atom. The van der Waals surface area contributed by atoms with Crippen LogP contribution in [0.3, 0.4) is 0 Å². The molecule has 4 aliphatic rings. The van der Waals surface area contributed by atoms with Crippen molar-refractivity contribution in [3.8, 4) is 0 Å². The number of rotatable bonds is 9. The second-order valence-electron chi connectivity index (χ2n) is 12.3. The molecule has 3 saturated heterocycles. The van der Waals surface area contributed by atoms with Gasteiger partial charge in [0, 0.05) is 70.0 Å². The van der Waals surface area contributed by atoms with Crippen molar-refractivity contribution in [2.24, 2.45) is 5.92 Å². The van der Waals surface area contributed by atoms with E-state index in [4.69, 9.17) is 0 Å². The molecule has 0 bridgehead atoms. The molecule has 0 aromatic heterocycles. The van der Waals surface area contributed by atoms with Crippen LogP contribution in [-0.4, -0.2) is 97.7 Å². The lowest BCUT2D eigenvalue weighted by Crippen LogP contribution is -2.54. The maximum Gasteiger partial charge on any atom is 0.265 e. The van der Waals surface area contributed by atoms with Gasteiger partial charge in [-0.3, -0.25) is 44.5 Å². The topological polar surface area (TPSA) is 134 Å². The van der Waals surface area contributed by atoms with Crippen LogP contribution in [0.2, 0.25) is 0 Å². The molecule has 1 atom stereocenters. The molecule has 12 nitrogen and oxygen atoms in total. The average Bonchev–Trinajstić information content (AvgIpc) is 3.31. The van der Waals surface area contributed by atoms with Crippen molar-refractivity contribution in [3.63, 3.8) is 0 Å². The van der Waals surface area contributed by atoms with Gasteiger partial charge in [-0.1, -0.05) is 13.0 Å². The predicted molar refractivity (Wildman–Crippen MR) is 169 cm³/mol. The molecule has 0 saturated carbocycles. The minimum Gasteiger partial charge on any atom is -0.371 e. The highest BCUT2D eigenvalue weighted by Gasteiger charge is 2.46. The van der Waals surface area contributed by atoms with Crippen LogP contribution in [0.4, 0.5) is 11.4 Å². The normalized spacial score (nSPS) is 21.3. The number of piperidine rings is 2. The molecule has 2 aromatic rings. The Kier molecular flexibility index (Phi) is 9.13. The van der Waals surface area contributed by atoms with E-state index >= 15 is 0 Å². The Bertz CT molecular complexity index is 1460. The Hall–Kier alpha value is -4.29. The lowest BCUT2D eigenvalue weighted by Gasteiger charge is -2.40. The van der Waals surface area contributed by atoms with E-state index in [1.54, 1.807) is 12.1 Å². The van der Waals surface area contributed by atoms with E-state index in [9.17, 15) is 24.0 Å². The van der Waals surface area contributed by atoms with Crippen LogP contribution in [0, 0.1) is 5.92 Å². The van der Waals surface area contributed by atoms with Gasteiger partial charge < -0.3 is 9.80 Å². The molecule has 1 unspecified atom stereocenters. The Labute approximate surface area is 263 Å². The quantitative estimate of drug-likeness (QED) is 0.219. The molecule has 3 fully saturated rings.